The smallest absolute Gasteiger partial charge is 0.128 e. The molecule has 4 heteroatoms. The van der Waals surface area contributed by atoms with Gasteiger partial charge in [-0.2, -0.15) is 0 Å². The Morgan fingerprint density at radius 1 is 1.39 bits per heavy atom. The Balaban J connectivity index is 2.28. The summed E-state index contributed by atoms with van der Waals surface area (Å²) in [4.78, 5) is 0. The maximum absolute atomic E-state index is 13.9. The summed E-state index contributed by atoms with van der Waals surface area (Å²) in [6.07, 6.45) is 1.69. The molecule has 0 aromatic heterocycles. The van der Waals surface area contributed by atoms with Gasteiger partial charge in [0.2, 0.25) is 0 Å². The monoisotopic (exact) mass is 255 g/mol. The Kier molecular flexibility index (Phi) is 3.97. The molecule has 2 rings (SSSR count). The first-order valence-corrected chi connectivity index (χ1v) is 6.37. The van der Waals surface area contributed by atoms with E-state index in [0.29, 0.717) is 12.2 Å². The molecule has 0 aliphatic carbocycles. The summed E-state index contributed by atoms with van der Waals surface area (Å²) in [7, 11) is 0. The van der Waals surface area contributed by atoms with Crippen molar-refractivity contribution in [3.8, 4) is 0 Å². The van der Waals surface area contributed by atoms with Crippen molar-refractivity contribution < 1.29 is 13.5 Å². The highest BCUT2D eigenvalue weighted by Crippen LogP contribution is 2.34. The lowest BCUT2D eigenvalue weighted by atomic mass is 9.87. The number of benzene rings is 1. The van der Waals surface area contributed by atoms with Crippen molar-refractivity contribution in [3.63, 3.8) is 0 Å². The van der Waals surface area contributed by atoms with Gasteiger partial charge >= 0.3 is 0 Å². The van der Waals surface area contributed by atoms with Gasteiger partial charge in [0.25, 0.3) is 0 Å². The zero-order chi connectivity index (χ0) is 13.3. The Morgan fingerprint density at radius 2 is 2.11 bits per heavy atom. The summed E-state index contributed by atoms with van der Waals surface area (Å²) in [6.45, 7) is 4.20. The topological polar surface area (TPSA) is 35.2 Å². The summed E-state index contributed by atoms with van der Waals surface area (Å²) in [5.41, 5.74) is 6.66. The summed E-state index contributed by atoms with van der Waals surface area (Å²) in [6, 6.07) is 1.93. The van der Waals surface area contributed by atoms with Gasteiger partial charge in [-0.25, -0.2) is 8.78 Å². The van der Waals surface area contributed by atoms with Gasteiger partial charge in [0, 0.05) is 24.1 Å². The molecule has 0 bridgehead atoms. The van der Waals surface area contributed by atoms with Gasteiger partial charge in [-0.15, -0.1) is 0 Å². The van der Waals surface area contributed by atoms with Gasteiger partial charge in [0.1, 0.15) is 11.6 Å². The fraction of sp³-hybridized carbons (Fsp3) is 0.571. The Bertz CT molecular complexity index is 436. The van der Waals surface area contributed by atoms with Crippen molar-refractivity contribution in [1.82, 2.24) is 0 Å². The van der Waals surface area contributed by atoms with Gasteiger partial charge in [-0.05, 0) is 37.5 Å². The maximum Gasteiger partial charge on any atom is 0.128 e. The van der Waals surface area contributed by atoms with E-state index in [4.69, 9.17) is 10.5 Å². The average Bonchev–Trinajstić information content (AvgIpc) is 2.81. The first-order chi connectivity index (χ1) is 8.54. The summed E-state index contributed by atoms with van der Waals surface area (Å²) >= 11 is 0. The number of aryl methyl sites for hydroxylation is 1. The van der Waals surface area contributed by atoms with Crippen molar-refractivity contribution in [2.45, 2.75) is 38.8 Å². The van der Waals surface area contributed by atoms with E-state index >= 15 is 0 Å². The number of rotatable bonds is 3. The quantitative estimate of drug-likeness (QED) is 0.900. The Labute approximate surface area is 106 Å². The zero-order valence-electron chi connectivity index (χ0n) is 10.7. The molecular formula is C14H19F2NO. The van der Waals surface area contributed by atoms with Crippen molar-refractivity contribution in [2.24, 2.45) is 11.7 Å². The molecule has 0 spiro atoms. The molecule has 1 aromatic carbocycles. The van der Waals surface area contributed by atoms with E-state index in [0.717, 1.165) is 12.8 Å². The van der Waals surface area contributed by atoms with Gasteiger partial charge < -0.3 is 10.5 Å². The van der Waals surface area contributed by atoms with E-state index < -0.39 is 17.7 Å². The number of hydrogen-bond donors (Lipinski definition) is 1. The fourth-order valence-corrected chi connectivity index (χ4v) is 2.64. The van der Waals surface area contributed by atoms with Crippen LogP contribution in [0.3, 0.4) is 0 Å². The van der Waals surface area contributed by atoms with Gasteiger partial charge in [-0.1, -0.05) is 6.92 Å². The van der Waals surface area contributed by atoms with Crippen LogP contribution in [-0.4, -0.2) is 12.7 Å². The van der Waals surface area contributed by atoms with Crippen LogP contribution in [0.1, 0.15) is 36.9 Å². The third-order valence-electron chi connectivity index (χ3n) is 3.76. The standard InChI is InChI=1S/C14H19F2NO/c1-3-13-9(4-5-18-13)14(17)10-7-11(15)8(2)6-12(10)16/h6-7,9,13-14H,3-5,17H2,1-2H3. The number of ether oxygens (including phenoxy) is 1. The molecule has 1 heterocycles. The minimum Gasteiger partial charge on any atom is -0.378 e. The molecule has 1 fully saturated rings. The fourth-order valence-electron chi connectivity index (χ4n) is 2.64. The average molecular weight is 255 g/mol. The van der Waals surface area contributed by atoms with Crippen LogP contribution in [0.5, 0.6) is 0 Å². The van der Waals surface area contributed by atoms with E-state index in [1.165, 1.54) is 12.1 Å². The largest absolute Gasteiger partial charge is 0.378 e. The first kappa shape index (κ1) is 13.4. The van der Waals surface area contributed by atoms with Crippen molar-refractivity contribution in [1.29, 1.82) is 0 Å². The van der Waals surface area contributed by atoms with Gasteiger partial charge in [-0.3, -0.25) is 0 Å². The van der Waals surface area contributed by atoms with Crippen LogP contribution in [0.15, 0.2) is 12.1 Å². The van der Waals surface area contributed by atoms with Crippen LogP contribution in [0, 0.1) is 24.5 Å². The Morgan fingerprint density at radius 3 is 2.78 bits per heavy atom. The molecule has 18 heavy (non-hydrogen) atoms. The lowest BCUT2D eigenvalue weighted by Gasteiger charge is -2.24. The minimum atomic E-state index is -0.507. The molecule has 3 unspecified atom stereocenters. The van der Waals surface area contributed by atoms with Crippen LogP contribution in [-0.2, 0) is 4.74 Å². The molecule has 2 nitrogen and oxygen atoms in total. The molecule has 0 amide bonds. The van der Waals surface area contributed by atoms with Crippen LogP contribution < -0.4 is 5.73 Å². The molecule has 1 saturated heterocycles. The van der Waals surface area contributed by atoms with Crippen molar-refractivity contribution >= 4 is 0 Å². The molecule has 0 saturated carbocycles. The Hall–Kier alpha value is -1.00. The molecular weight excluding hydrogens is 236 g/mol. The van der Waals surface area contributed by atoms with Crippen LogP contribution in [0.4, 0.5) is 8.78 Å². The SMILES string of the molecule is CCC1OCCC1C(N)c1cc(F)c(C)cc1F. The number of nitrogens with two attached hydrogens (primary N) is 1. The van der Waals surface area contributed by atoms with Crippen LogP contribution >= 0.6 is 0 Å². The lowest BCUT2D eigenvalue weighted by molar-refractivity contribution is 0.0810. The van der Waals surface area contributed by atoms with E-state index in [1.54, 1.807) is 6.92 Å². The minimum absolute atomic E-state index is 0.0452. The predicted molar refractivity (Wildman–Crippen MR) is 66.2 cm³/mol. The maximum atomic E-state index is 13.9. The molecule has 0 radical (unpaired) electrons. The highest BCUT2D eigenvalue weighted by Gasteiger charge is 2.33. The van der Waals surface area contributed by atoms with E-state index in [1.807, 2.05) is 6.92 Å². The molecule has 1 aliphatic heterocycles. The van der Waals surface area contributed by atoms with E-state index in [-0.39, 0.29) is 17.6 Å². The van der Waals surface area contributed by atoms with Gasteiger partial charge in [0.05, 0.1) is 6.10 Å². The van der Waals surface area contributed by atoms with Crippen LogP contribution in [0.2, 0.25) is 0 Å². The summed E-state index contributed by atoms with van der Waals surface area (Å²) < 4.78 is 33.0. The highest BCUT2D eigenvalue weighted by molar-refractivity contribution is 5.28. The molecule has 100 valence electrons. The molecule has 3 atom stereocenters. The first-order valence-electron chi connectivity index (χ1n) is 6.37. The number of hydrogen-bond acceptors (Lipinski definition) is 2. The van der Waals surface area contributed by atoms with E-state index in [2.05, 4.69) is 0 Å². The molecule has 1 aliphatic rings. The second kappa shape index (κ2) is 5.33. The zero-order valence-corrected chi connectivity index (χ0v) is 10.7. The molecule has 1 aromatic rings. The third kappa shape index (κ3) is 2.40. The van der Waals surface area contributed by atoms with Gasteiger partial charge in [0.15, 0.2) is 0 Å². The van der Waals surface area contributed by atoms with E-state index in [9.17, 15) is 8.78 Å². The third-order valence-corrected chi connectivity index (χ3v) is 3.76. The lowest BCUT2D eigenvalue weighted by Crippen LogP contribution is -2.28. The van der Waals surface area contributed by atoms with Crippen molar-refractivity contribution in [3.05, 3.63) is 34.9 Å². The second-order valence-corrected chi connectivity index (χ2v) is 4.92. The normalized spacial score (nSPS) is 25.4. The predicted octanol–water partition coefficient (Wildman–Crippen LogP) is 3.09. The van der Waals surface area contributed by atoms with Crippen molar-refractivity contribution in [2.75, 3.05) is 6.61 Å². The van der Waals surface area contributed by atoms with Crippen LogP contribution in [0.25, 0.3) is 0 Å². The summed E-state index contributed by atoms with van der Waals surface area (Å²) in [5, 5.41) is 0. The molecule has 2 N–H and O–H groups in total. The highest BCUT2D eigenvalue weighted by atomic mass is 19.1. The summed E-state index contributed by atoms with van der Waals surface area (Å²) in [5.74, 6) is -0.774. The number of halogens is 2. The second-order valence-electron chi connectivity index (χ2n) is 4.92.